The summed E-state index contributed by atoms with van der Waals surface area (Å²) in [6.07, 6.45) is 27.1. The second-order valence-corrected chi connectivity index (χ2v) is 13.7. The van der Waals surface area contributed by atoms with Crippen molar-refractivity contribution in [1.29, 1.82) is 5.41 Å². The van der Waals surface area contributed by atoms with Crippen molar-refractivity contribution in [2.45, 2.75) is 182 Å². The number of hydrogen-bond acceptors (Lipinski definition) is 4. The van der Waals surface area contributed by atoms with Gasteiger partial charge in [-0.3, -0.25) is 9.59 Å². The number of ketones is 1. The van der Waals surface area contributed by atoms with Crippen molar-refractivity contribution in [2.75, 3.05) is 13.6 Å². The highest BCUT2D eigenvalue weighted by atomic mass is 16.1. The van der Waals surface area contributed by atoms with E-state index in [4.69, 9.17) is 5.41 Å². The number of carbonyl (C=O) groups is 2. The lowest BCUT2D eigenvalue weighted by molar-refractivity contribution is -0.125. The average molecular weight is 658 g/mol. The number of rotatable bonds is 17. The van der Waals surface area contributed by atoms with Crippen molar-refractivity contribution in [3.8, 4) is 0 Å². The highest BCUT2D eigenvalue weighted by Crippen LogP contribution is 2.37. The fraction of sp³-hybridized carbons (Fsp3) is 0.786. The summed E-state index contributed by atoms with van der Waals surface area (Å²) in [5, 5.41) is 11.7. The molecular weight excluding hydrogens is 578 g/mol. The molecule has 0 heterocycles. The van der Waals surface area contributed by atoms with Gasteiger partial charge in [0.15, 0.2) is 0 Å². The fourth-order valence-electron chi connectivity index (χ4n) is 7.12. The summed E-state index contributed by atoms with van der Waals surface area (Å²) in [6, 6.07) is 8.36. The molecule has 5 heteroatoms. The maximum absolute atomic E-state index is 12.4. The first kappa shape index (κ1) is 47.1. The van der Waals surface area contributed by atoms with Crippen LogP contribution in [0, 0.1) is 37.0 Å². The SMILES string of the molecule is C=N.CC.CCCCCCCC(CC)CCNC=O.CNC(CC1CCCCC1)(CC1CCCCC1)C(C)=O.Cc1ccccc1C. The third-order valence-corrected chi connectivity index (χ3v) is 10.4. The van der Waals surface area contributed by atoms with E-state index >= 15 is 0 Å². The van der Waals surface area contributed by atoms with Crippen LogP contribution in [0.2, 0.25) is 0 Å². The molecule has 1 amide bonds. The molecule has 5 nitrogen and oxygen atoms in total. The Hall–Kier alpha value is -2.01. The number of unbranched alkanes of at least 4 members (excludes halogenated alkanes) is 4. The lowest BCUT2D eigenvalue weighted by atomic mass is 9.71. The van der Waals surface area contributed by atoms with Gasteiger partial charge in [-0.25, -0.2) is 0 Å². The lowest BCUT2D eigenvalue weighted by Crippen LogP contribution is -2.52. The molecule has 2 aliphatic carbocycles. The number of Topliss-reactive ketones (excluding diaryl/α,β-unsaturated/α-hetero) is 1. The van der Waals surface area contributed by atoms with E-state index in [2.05, 4.69) is 69.3 Å². The molecule has 0 saturated heterocycles. The van der Waals surface area contributed by atoms with E-state index in [1.54, 1.807) is 0 Å². The molecule has 1 aromatic rings. The molecular formula is C42H79N3O2. The summed E-state index contributed by atoms with van der Waals surface area (Å²) in [5.41, 5.74) is 2.50. The largest absolute Gasteiger partial charge is 0.359 e. The van der Waals surface area contributed by atoms with Crippen molar-refractivity contribution in [3.63, 3.8) is 0 Å². The quantitative estimate of drug-likeness (QED) is 0.0885. The van der Waals surface area contributed by atoms with Crippen LogP contribution in [-0.2, 0) is 9.59 Å². The van der Waals surface area contributed by atoms with E-state index in [0.29, 0.717) is 5.78 Å². The topological polar surface area (TPSA) is 82.1 Å². The summed E-state index contributed by atoms with van der Waals surface area (Å²) in [6.45, 7) is 17.9. The van der Waals surface area contributed by atoms with Crippen molar-refractivity contribution in [1.82, 2.24) is 10.6 Å². The zero-order chi connectivity index (χ0) is 35.8. The van der Waals surface area contributed by atoms with Crippen LogP contribution in [0.3, 0.4) is 0 Å². The summed E-state index contributed by atoms with van der Waals surface area (Å²) in [5.74, 6) is 2.71. The Kier molecular flexibility index (Phi) is 32.6. The van der Waals surface area contributed by atoms with Gasteiger partial charge in [0.1, 0.15) is 5.78 Å². The minimum absolute atomic E-state index is 0.232. The number of nitrogens with one attached hydrogen (secondary N) is 3. The Morgan fingerprint density at radius 2 is 1.32 bits per heavy atom. The number of aryl methyl sites for hydroxylation is 2. The summed E-state index contributed by atoms with van der Waals surface area (Å²) in [4.78, 5) is 22.5. The molecule has 2 saturated carbocycles. The Bertz CT molecular complexity index is 805. The first-order valence-electron chi connectivity index (χ1n) is 19.6. The minimum Gasteiger partial charge on any atom is -0.359 e. The van der Waals surface area contributed by atoms with E-state index in [0.717, 1.165) is 50.0 Å². The molecule has 3 rings (SSSR count). The third-order valence-electron chi connectivity index (χ3n) is 10.4. The molecule has 3 N–H and O–H groups in total. The van der Waals surface area contributed by atoms with Crippen molar-refractivity contribution in [3.05, 3.63) is 35.4 Å². The van der Waals surface area contributed by atoms with Gasteiger partial charge in [-0.2, -0.15) is 0 Å². The molecule has 0 radical (unpaired) electrons. The fourth-order valence-corrected chi connectivity index (χ4v) is 7.12. The molecule has 47 heavy (non-hydrogen) atoms. The van der Waals surface area contributed by atoms with Crippen LogP contribution >= 0.6 is 0 Å². The predicted octanol–water partition coefficient (Wildman–Crippen LogP) is 11.6. The summed E-state index contributed by atoms with van der Waals surface area (Å²) in [7, 11) is 2.01. The number of amides is 1. The molecule has 2 fully saturated rings. The smallest absolute Gasteiger partial charge is 0.207 e. The van der Waals surface area contributed by atoms with Gasteiger partial charge < -0.3 is 16.0 Å². The molecule has 0 bridgehead atoms. The predicted molar refractivity (Wildman–Crippen MR) is 208 cm³/mol. The van der Waals surface area contributed by atoms with Gasteiger partial charge in [0.2, 0.25) is 6.41 Å². The second-order valence-electron chi connectivity index (χ2n) is 13.7. The third kappa shape index (κ3) is 23.1. The monoisotopic (exact) mass is 658 g/mol. The first-order chi connectivity index (χ1) is 22.8. The summed E-state index contributed by atoms with van der Waals surface area (Å²) < 4.78 is 0. The van der Waals surface area contributed by atoms with Crippen LogP contribution in [0.15, 0.2) is 24.3 Å². The molecule has 1 atom stereocenters. The Morgan fingerprint density at radius 1 is 0.851 bits per heavy atom. The molecule has 2 aliphatic rings. The van der Waals surface area contributed by atoms with Crippen LogP contribution in [0.1, 0.15) is 174 Å². The highest BCUT2D eigenvalue weighted by Gasteiger charge is 2.38. The van der Waals surface area contributed by atoms with Crippen LogP contribution < -0.4 is 10.6 Å². The van der Waals surface area contributed by atoms with Crippen LogP contribution in [0.4, 0.5) is 0 Å². The Labute approximate surface area is 293 Å². The molecule has 274 valence electrons. The van der Waals surface area contributed by atoms with Crippen molar-refractivity contribution < 1.29 is 9.59 Å². The van der Waals surface area contributed by atoms with Gasteiger partial charge in [0.25, 0.3) is 0 Å². The van der Waals surface area contributed by atoms with Gasteiger partial charge in [-0.1, -0.05) is 161 Å². The van der Waals surface area contributed by atoms with Gasteiger partial charge >= 0.3 is 0 Å². The van der Waals surface area contributed by atoms with Gasteiger partial charge in [-0.15, -0.1) is 0 Å². The maximum atomic E-state index is 12.4. The maximum Gasteiger partial charge on any atom is 0.207 e. The number of carbonyl (C=O) groups excluding carboxylic acids is 2. The highest BCUT2D eigenvalue weighted by molar-refractivity contribution is 5.86. The number of benzene rings is 1. The lowest BCUT2D eigenvalue weighted by Gasteiger charge is -2.39. The van der Waals surface area contributed by atoms with Gasteiger partial charge in [0.05, 0.1) is 5.54 Å². The number of likely N-dealkylation sites (N-methyl/N-ethyl adjacent to an activating group) is 1. The zero-order valence-electron chi connectivity index (χ0n) is 32.5. The van der Waals surface area contributed by atoms with Crippen LogP contribution in [0.25, 0.3) is 0 Å². The first-order valence-corrected chi connectivity index (χ1v) is 19.6. The van der Waals surface area contributed by atoms with E-state index in [1.807, 2.05) is 27.8 Å². The molecule has 1 unspecified atom stereocenters. The number of hydrogen-bond donors (Lipinski definition) is 3. The molecule has 0 spiro atoms. The Morgan fingerprint density at radius 3 is 1.68 bits per heavy atom. The average Bonchev–Trinajstić information content (AvgIpc) is 3.11. The van der Waals surface area contributed by atoms with Gasteiger partial charge in [0, 0.05) is 6.54 Å². The molecule has 1 aromatic carbocycles. The van der Waals surface area contributed by atoms with Gasteiger partial charge in [-0.05, 0) is 82.7 Å². The van der Waals surface area contributed by atoms with Crippen LogP contribution in [-0.4, -0.2) is 38.0 Å². The minimum atomic E-state index is -0.232. The van der Waals surface area contributed by atoms with Crippen molar-refractivity contribution in [2.24, 2.45) is 17.8 Å². The van der Waals surface area contributed by atoms with E-state index in [-0.39, 0.29) is 5.54 Å². The molecule has 0 aromatic heterocycles. The van der Waals surface area contributed by atoms with E-state index in [9.17, 15) is 9.59 Å². The van der Waals surface area contributed by atoms with E-state index in [1.165, 1.54) is 120 Å². The summed E-state index contributed by atoms with van der Waals surface area (Å²) >= 11 is 0. The Balaban J connectivity index is 0. The zero-order valence-corrected chi connectivity index (χ0v) is 32.5. The standard InChI is InChI=1S/C18H33NO.C13H27NO.C8H10.C2H6.CH3N/c1-15(20)18(19-2,13-16-9-5-3-6-10-16)14-17-11-7-4-8-12-17;1-3-5-6-7-8-9-13(4-2)10-11-14-12-15;1-7-5-3-4-6-8(7)2;2*1-2/h16-17,19H,3-14H2,1-2H3;12-13H,3-11H2,1-2H3,(H,14,15);3-6H,1-2H3;1-2H3;2H,1H2. The second kappa shape index (κ2) is 32.5. The van der Waals surface area contributed by atoms with Crippen molar-refractivity contribution >= 4 is 18.9 Å². The molecule has 0 aliphatic heterocycles. The van der Waals surface area contributed by atoms with E-state index < -0.39 is 0 Å². The van der Waals surface area contributed by atoms with Crippen LogP contribution in [0.5, 0.6) is 0 Å². The normalized spacial score (nSPS) is 15.5.